The molecule has 2 fully saturated rings. The van der Waals surface area contributed by atoms with Gasteiger partial charge in [-0.25, -0.2) is 0 Å². The molecule has 2 aliphatic rings. The molecule has 2 N–H and O–H groups in total. The number of ether oxygens (including phenoxy) is 2. The molecule has 2 aromatic carbocycles. The topological polar surface area (TPSA) is 62.2 Å². The number of phenolic OH excluding ortho intramolecular Hbond substituents is 1. The van der Waals surface area contributed by atoms with Gasteiger partial charge in [-0.3, -0.25) is 4.90 Å². The van der Waals surface area contributed by atoms with Crippen molar-refractivity contribution >= 4 is 11.6 Å². The summed E-state index contributed by atoms with van der Waals surface area (Å²) in [5.74, 6) is 1.27. The van der Waals surface area contributed by atoms with Gasteiger partial charge in [0.1, 0.15) is 5.75 Å². The Labute approximate surface area is 170 Å². The van der Waals surface area contributed by atoms with Crippen molar-refractivity contribution < 1.29 is 19.7 Å². The summed E-state index contributed by atoms with van der Waals surface area (Å²) in [5.41, 5.74) is 1.07. The second-order valence-corrected chi connectivity index (χ2v) is 8.25. The third-order valence-corrected chi connectivity index (χ3v) is 6.60. The zero-order chi connectivity index (χ0) is 19.9. The maximum absolute atomic E-state index is 11.4. The molecule has 0 aliphatic carbocycles. The first-order chi connectivity index (χ1) is 13.4. The molecule has 2 saturated heterocycles. The van der Waals surface area contributed by atoms with Crippen LogP contribution in [0, 0.1) is 0 Å². The number of halogens is 1. The Balaban J connectivity index is 1.54. The van der Waals surface area contributed by atoms with Crippen LogP contribution in [0.2, 0.25) is 5.02 Å². The van der Waals surface area contributed by atoms with E-state index in [9.17, 15) is 10.2 Å². The number of hydrogen-bond donors (Lipinski definition) is 2. The fourth-order valence-electron chi connectivity index (χ4n) is 4.78. The van der Waals surface area contributed by atoms with Crippen LogP contribution in [0.4, 0.5) is 0 Å². The van der Waals surface area contributed by atoms with Gasteiger partial charge in [-0.05, 0) is 55.0 Å². The third-order valence-electron chi connectivity index (χ3n) is 6.25. The van der Waals surface area contributed by atoms with E-state index >= 15 is 0 Å². The summed E-state index contributed by atoms with van der Waals surface area (Å²) in [4.78, 5) is 2.44. The van der Waals surface area contributed by atoms with Crippen LogP contribution in [0.3, 0.4) is 0 Å². The highest BCUT2D eigenvalue weighted by Crippen LogP contribution is 2.47. The van der Waals surface area contributed by atoms with Gasteiger partial charge in [-0.2, -0.15) is 0 Å². The van der Waals surface area contributed by atoms with Crippen LogP contribution in [0.25, 0.3) is 0 Å². The molecule has 2 bridgehead atoms. The highest BCUT2D eigenvalue weighted by Gasteiger charge is 2.48. The van der Waals surface area contributed by atoms with E-state index in [0.29, 0.717) is 42.2 Å². The Morgan fingerprint density at radius 2 is 1.71 bits per heavy atom. The maximum atomic E-state index is 11.4. The number of aromatic hydroxyl groups is 1. The average Bonchev–Trinajstić information content (AvgIpc) is 2.93. The Kier molecular flexibility index (Phi) is 5.17. The van der Waals surface area contributed by atoms with Gasteiger partial charge < -0.3 is 19.7 Å². The molecular formula is C22H26ClNO4. The van der Waals surface area contributed by atoms with Crippen LogP contribution in [0.15, 0.2) is 36.4 Å². The molecule has 2 heterocycles. The van der Waals surface area contributed by atoms with E-state index in [1.165, 1.54) is 13.2 Å². The Hall–Kier alpha value is -1.95. The standard InChI is InChI=1S/C22H26ClNO4/c1-27-18-7-3-15(4-8-18)22(26)11-16-5-6-17(12-22)24(16)13-14-9-21(28-2)20(25)10-19(14)23/h3-4,7-10,16-17,25-26H,5-6,11-13H2,1-2H3. The summed E-state index contributed by atoms with van der Waals surface area (Å²) < 4.78 is 10.5. The highest BCUT2D eigenvalue weighted by atomic mass is 35.5. The summed E-state index contributed by atoms with van der Waals surface area (Å²) >= 11 is 6.37. The number of nitrogens with zero attached hydrogens (tertiary/aromatic N) is 1. The quantitative estimate of drug-likeness (QED) is 0.787. The van der Waals surface area contributed by atoms with E-state index in [0.717, 1.165) is 29.7 Å². The van der Waals surface area contributed by atoms with Crippen molar-refractivity contribution in [1.29, 1.82) is 0 Å². The van der Waals surface area contributed by atoms with Gasteiger partial charge in [0.15, 0.2) is 11.5 Å². The minimum Gasteiger partial charge on any atom is -0.504 e. The van der Waals surface area contributed by atoms with E-state index in [2.05, 4.69) is 4.90 Å². The number of hydrogen-bond acceptors (Lipinski definition) is 5. The molecule has 150 valence electrons. The summed E-state index contributed by atoms with van der Waals surface area (Å²) in [7, 11) is 3.18. The number of rotatable bonds is 5. The Morgan fingerprint density at radius 1 is 1.07 bits per heavy atom. The highest BCUT2D eigenvalue weighted by molar-refractivity contribution is 6.31. The van der Waals surface area contributed by atoms with Gasteiger partial charge in [-0.15, -0.1) is 0 Å². The minimum atomic E-state index is -0.814. The number of piperidine rings is 1. The number of aliphatic hydroxyl groups is 1. The number of fused-ring (bicyclic) bond motifs is 2. The molecule has 28 heavy (non-hydrogen) atoms. The molecule has 6 heteroatoms. The fourth-order valence-corrected chi connectivity index (χ4v) is 5.00. The minimum absolute atomic E-state index is 0.0479. The van der Waals surface area contributed by atoms with Crippen LogP contribution in [0.1, 0.15) is 36.8 Å². The van der Waals surface area contributed by atoms with Crippen LogP contribution < -0.4 is 9.47 Å². The van der Waals surface area contributed by atoms with Crippen molar-refractivity contribution in [2.75, 3.05) is 14.2 Å². The molecule has 0 spiro atoms. The van der Waals surface area contributed by atoms with Gasteiger partial charge in [0.2, 0.25) is 0 Å². The molecular weight excluding hydrogens is 378 g/mol. The third kappa shape index (κ3) is 3.43. The van der Waals surface area contributed by atoms with Crippen LogP contribution >= 0.6 is 11.6 Å². The summed E-state index contributed by atoms with van der Waals surface area (Å²) in [5, 5.41) is 21.8. The number of methoxy groups -OCH3 is 2. The molecule has 4 rings (SSSR count). The molecule has 2 unspecified atom stereocenters. The molecule has 0 saturated carbocycles. The molecule has 2 atom stereocenters. The van der Waals surface area contributed by atoms with Crippen molar-refractivity contribution in [2.24, 2.45) is 0 Å². The lowest BCUT2D eigenvalue weighted by atomic mass is 9.80. The lowest BCUT2D eigenvalue weighted by Gasteiger charge is -2.44. The number of benzene rings is 2. The first-order valence-electron chi connectivity index (χ1n) is 9.61. The fraction of sp³-hybridized carbons (Fsp3) is 0.455. The maximum Gasteiger partial charge on any atom is 0.160 e. The molecule has 0 aromatic heterocycles. The van der Waals surface area contributed by atoms with Gasteiger partial charge in [0.25, 0.3) is 0 Å². The van der Waals surface area contributed by atoms with E-state index in [4.69, 9.17) is 21.1 Å². The second-order valence-electron chi connectivity index (χ2n) is 7.84. The predicted molar refractivity (Wildman–Crippen MR) is 108 cm³/mol. The second kappa shape index (κ2) is 7.47. The Bertz CT molecular complexity index is 840. The van der Waals surface area contributed by atoms with Crippen molar-refractivity contribution in [1.82, 2.24) is 4.90 Å². The molecule has 0 radical (unpaired) electrons. The average molecular weight is 404 g/mol. The first kappa shape index (κ1) is 19.4. The zero-order valence-corrected chi connectivity index (χ0v) is 16.9. The van der Waals surface area contributed by atoms with Gasteiger partial charge in [-0.1, -0.05) is 23.7 Å². The van der Waals surface area contributed by atoms with Crippen LogP contribution in [-0.4, -0.2) is 41.4 Å². The monoisotopic (exact) mass is 403 g/mol. The van der Waals surface area contributed by atoms with Gasteiger partial charge >= 0.3 is 0 Å². The normalized spacial score (nSPS) is 27.0. The molecule has 2 aromatic rings. The number of phenols is 1. The smallest absolute Gasteiger partial charge is 0.160 e. The van der Waals surface area contributed by atoms with Gasteiger partial charge in [0.05, 0.1) is 19.8 Å². The lowest BCUT2D eigenvalue weighted by Crippen LogP contribution is -2.49. The largest absolute Gasteiger partial charge is 0.504 e. The molecule has 0 amide bonds. The summed E-state index contributed by atoms with van der Waals surface area (Å²) in [6.07, 6.45) is 3.53. The van der Waals surface area contributed by atoms with E-state index in [-0.39, 0.29) is 5.75 Å². The van der Waals surface area contributed by atoms with Crippen molar-refractivity contribution in [3.63, 3.8) is 0 Å². The van der Waals surface area contributed by atoms with E-state index < -0.39 is 5.60 Å². The van der Waals surface area contributed by atoms with E-state index in [1.54, 1.807) is 13.2 Å². The van der Waals surface area contributed by atoms with Gasteiger partial charge in [0, 0.05) is 29.7 Å². The zero-order valence-electron chi connectivity index (χ0n) is 16.2. The van der Waals surface area contributed by atoms with E-state index in [1.807, 2.05) is 24.3 Å². The lowest BCUT2D eigenvalue weighted by molar-refractivity contribution is -0.0595. The Morgan fingerprint density at radius 3 is 2.29 bits per heavy atom. The van der Waals surface area contributed by atoms with Crippen molar-refractivity contribution in [3.05, 3.63) is 52.5 Å². The summed E-state index contributed by atoms with van der Waals surface area (Å²) in [6, 6.07) is 11.7. The predicted octanol–water partition coefficient (Wildman–Crippen LogP) is 4.08. The molecule has 2 aliphatic heterocycles. The van der Waals surface area contributed by atoms with Crippen molar-refractivity contribution in [3.8, 4) is 17.2 Å². The van der Waals surface area contributed by atoms with Crippen molar-refractivity contribution in [2.45, 2.75) is 49.9 Å². The van der Waals surface area contributed by atoms with Crippen LogP contribution in [-0.2, 0) is 12.1 Å². The SMILES string of the molecule is COc1ccc(C2(O)CC3CCC(C2)N3Cc2cc(OC)c(O)cc2Cl)cc1. The van der Waals surface area contributed by atoms with Crippen LogP contribution in [0.5, 0.6) is 17.2 Å². The molecule has 5 nitrogen and oxygen atoms in total. The summed E-state index contributed by atoms with van der Waals surface area (Å²) in [6.45, 7) is 0.684. The first-order valence-corrected chi connectivity index (χ1v) is 9.99.